The summed E-state index contributed by atoms with van der Waals surface area (Å²) < 4.78 is 0. The molecule has 0 saturated heterocycles. The molecular weight excluding hydrogens is 360 g/mol. The highest BCUT2D eigenvalue weighted by atomic mass is 16.1. The Morgan fingerprint density at radius 3 is 2.45 bits per heavy atom. The van der Waals surface area contributed by atoms with E-state index in [0.29, 0.717) is 24.0 Å². The van der Waals surface area contributed by atoms with Crippen molar-refractivity contribution in [1.29, 1.82) is 0 Å². The number of nitrogens with one attached hydrogen (secondary N) is 1. The van der Waals surface area contributed by atoms with Gasteiger partial charge in [-0.05, 0) is 24.0 Å². The molecule has 2 aromatic carbocycles. The Morgan fingerprint density at radius 1 is 1.03 bits per heavy atom. The molecular formula is C24H26N4O. The molecule has 148 valence electrons. The van der Waals surface area contributed by atoms with Crippen LogP contribution < -0.4 is 5.32 Å². The van der Waals surface area contributed by atoms with Gasteiger partial charge in [0.05, 0.1) is 5.56 Å². The highest BCUT2D eigenvalue weighted by Gasteiger charge is 2.22. The van der Waals surface area contributed by atoms with E-state index in [1.165, 1.54) is 11.1 Å². The van der Waals surface area contributed by atoms with Gasteiger partial charge in [-0.3, -0.25) is 9.69 Å². The Morgan fingerprint density at radius 2 is 1.72 bits per heavy atom. The molecule has 1 unspecified atom stereocenters. The maximum Gasteiger partial charge on any atom is 0.254 e. The molecule has 1 N–H and O–H groups in total. The summed E-state index contributed by atoms with van der Waals surface area (Å²) in [5.74, 6) is 0.501. The van der Waals surface area contributed by atoms with Crippen LogP contribution in [0.2, 0.25) is 0 Å². The van der Waals surface area contributed by atoms with Crippen LogP contribution in [0.4, 0.5) is 0 Å². The average molecular weight is 386 g/mol. The van der Waals surface area contributed by atoms with Gasteiger partial charge >= 0.3 is 0 Å². The molecule has 1 atom stereocenters. The third kappa shape index (κ3) is 4.51. The van der Waals surface area contributed by atoms with Gasteiger partial charge in [-0.2, -0.15) is 0 Å². The minimum atomic E-state index is -0.125. The predicted molar refractivity (Wildman–Crippen MR) is 114 cm³/mol. The van der Waals surface area contributed by atoms with Crippen molar-refractivity contribution in [3.05, 3.63) is 83.7 Å². The Labute approximate surface area is 171 Å². The van der Waals surface area contributed by atoms with Crippen LogP contribution in [-0.2, 0) is 13.0 Å². The normalized spacial score (nSPS) is 14.8. The molecule has 5 heteroatoms. The fourth-order valence-corrected chi connectivity index (χ4v) is 3.86. The van der Waals surface area contributed by atoms with E-state index in [9.17, 15) is 4.79 Å². The molecule has 3 aromatic rings. The van der Waals surface area contributed by atoms with E-state index in [1.807, 2.05) is 30.3 Å². The van der Waals surface area contributed by atoms with Gasteiger partial charge in [-0.25, -0.2) is 9.97 Å². The lowest BCUT2D eigenvalue weighted by Crippen LogP contribution is -2.45. The van der Waals surface area contributed by atoms with Crippen molar-refractivity contribution in [3.63, 3.8) is 0 Å². The van der Waals surface area contributed by atoms with Crippen LogP contribution in [0.25, 0.3) is 11.4 Å². The van der Waals surface area contributed by atoms with Crippen LogP contribution >= 0.6 is 0 Å². The highest BCUT2D eigenvalue weighted by Crippen LogP contribution is 2.21. The van der Waals surface area contributed by atoms with Crippen molar-refractivity contribution in [2.75, 3.05) is 13.1 Å². The lowest BCUT2D eigenvalue weighted by atomic mass is 9.98. The zero-order valence-corrected chi connectivity index (χ0v) is 16.7. The van der Waals surface area contributed by atoms with E-state index in [1.54, 1.807) is 12.4 Å². The summed E-state index contributed by atoms with van der Waals surface area (Å²) in [5.41, 5.74) is 4.27. The van der Waals surface area contributed by atoms with E-state index in [0.717, 1.165) is 31.5 Å². The summed E-state index contributed by atoms with van der Waals surface area (Å²) >= 11 is 0. The standard InChI is InChI=1S/C24H26N4O/c1-2-22(28-13-12-18-8-6-7-11-20(18)17-28)16-27-24(29)21-14-25-23(26-15-21)19-9-4-3-5-10-19/h3-11,14-15,22H,2,12-13,16-17H2,1H3,(H,27,29). The molecule has 1 amide bonds. The number of fused-ring (bicyclic) bond motifs is 1. The van der Waals surface area contributed by atoms with Crippen molar-refractivity contribution in [2.45, 2.75) is 32.4 Å². The van der Waals surface area contributed by atoms with E-state index in [2.05, 4.69) is 51.4 Å². The van der Waals surface area contributed by atoms with Crippen LogP contribution in [0.15, 0.2) is 67.0 Å². The quantitative estimate of drug-likeness (QED) is 0.702. The molecule has 0 aliphatic carbocycles. The molecule has 0 spiro atoms. The monoisotopic (exact) mass is 386 g/mol. The van der Waals surface area contributed by atoms with Crippen molar-refractivity contribution in [1.82, 2.24) is 20.2 Å². The Bertz CT molecular complexity index is 956. The summed E-state index contributed by atoms with van der Waals surface area (Å²) in [6.45, 7) is 4.77. The minimum absolute atomic E-state index is 0.125. The number of nitrogens with zero attached hydrogens (tertiary/aromatic N) is 3. The summed E-state index contributed by atoms with van der Waals surface area (Å²) in [4.78, 5) is 23.8. The molecule has 0 saturated carbocycles. The Balaban J connectivity index is 1.36. The van der Waals surface area contributed by atoms with Gasteiger partial charge < -0.3 is 5.32 Å². The molecule has 0 fully saturated rings. The lowest BCUT2D eigenvalue weighted by molar-refractivity contribution is 0.0925. The van der Waals surface area contributed by atoms with Crippen molar-refractivity contribution < 1.29 is 4.79 Å². The first-order valence-corrected chi connectivity index (χ1v) is 10.2. The highest BCUT2D eigenvalue weighted by molar-refractivity contribution is 5.93. The SMILES string of the molecule is CCC(CNC(=O)c1cnc(-c2ccccc2)nc1)N1CCc2ccccc2C1. The predicted octanol–water partition coefficient (Wildman–Crippen LogP) is 3.71. The number of carbonyl (C=O) groups excluding carboxylic acids is 1. The second kappa shape index (κ2) is 8.97. The van der Waals surface area contributed by atoms with E-state index in [-0.39, 0.29) is 5.91 Å². The third-order valence-electron chi connectivity index (χ3n) is 5.59. The Hall–Kier alpha value is -3.05. The fourth-order valence-electron chi connectivity index (χ4n) is 3.86. The maximum absolute atomic E-state index is 12.6. The van der Waals surface area contributed by atoms with Crippen molar-refractivity contribution >= 4 is 5.91 Å². The zero-order valence-electron chi connectivity index (χ0n) is 16.7. The number of benzene rings is 2. The molecule has 2 heterocycles. The second-order valence-corrected chi connectivity index (χ2v) is 7.42. The minimum Gasteiger partial charge on any atom is -0.350 e. The first-order valence-electron chi connectivity index (χ1n) is 10.2. The number of rotatable bonds is 6. The first-order chi connectivity index (χ1) is 14.2. The van der Waals surface area contributed by atoms with Crippen LogP contribution in [-0.4, -0.2) is 39.9 Å². The van der Waals surface area contributed by atoms with Gasteiger partial charge in [0.2, 0.25) is 0 Å². The van der Waals surface area contributed by atoms with Crippen LogP contribution in [0.1, 0.15) is 34.8 Å². The smallest absolute Gasteiger partial charge is 0.254 e. The van der Waals surface area contributed by atoms with E-state index in [4.69, 9.17) is 0 Å². The summed E-state index contributed by atoms with van der Waals surface area (Å²) in [6, 6.07) is 18.7. The number of hydrogen-bond donors (Lipinski definition) is 1. The number of hydrogen-bond acceptors (Lipinski definition) is 4. The number of aromatic nitrogens is 2. The Kier molecular flexibility index (Phi) is 5.96. The fraction of sp³-hybridized carbons (Fsp3) is 0.292. The van der Waals surface area contributed by atoms with Gasteiger partial charge in [0.25, 0.3) is 5.91 Å². The van der Waals surface area contributed by atoms with Crippen LogP contribution in [0.3, 0.4) is 0 Å². The first kappa shape index (κ1) is 19.3. The molecule has 0 bridgehead atoms. The van der Waals surface area contributed by atoms with E-state index >= 15 is 0 Å². The van der Waals surface area contributed by atoms with Crippen molar-refractivity contribution in [3.8, 4) is 11.4 Å². The number of carbonyl (C=O) groups is 1. The molecule has 0 radical (unpaired) electrons. The van der Waals surface area contributed by atoms with Gasteiger partial charge in [-0.1, -0.05) is 61.5 Å². The van der Waals surface area contributed by atoms with Crippen molar-refractivity contribution in [2.24, 2.45) is 0 Å². The van der Waals surface area contributed by atoms with E-state index < -0.39 is 0 Å². The average Bonchev–Trinajstić information content (AvgIpc) is 2.80. The lowest BCUT2D eigenvalue weighted by Gasteiger charge is -2.35. The summed E-state index contributed by atoms with van der Waals surface area (Å²) in [7, 11) is 0. The third-order valence-corrected chi connectivity index (χ3v) is 5.59. The topological polar surface area (TPSA) is 58.1 Å². The van der Waals surface area contributed by atoms with Gasteiger partial charge in [0.15, 0.2) is 5.82 Å². The van der Waals surface area contributed by atoms with Gasteiger partial charge in [0.1, 0.15) is 0 Å². The molecule has 29 heavy (non-hydrogen) atoms. The molecule has 5 nitrogen and oxygen atoms in total. The molecule has 1 aliphatic rings. The second-order valence-electron chi connectivity index (χ2n) is 7.42. The maximum atomic E-state index is 12.6. The summed E-state index contributed by atoms with van der Waals surface area (Å²) in [6.07, 6.45) is 5.26. The van der Waals surface area contributed by atoms with Crippen LogP contribution in [0, 0.1) is 0 Å². The summed E-state index contributed by atoms with van der Waals surface area (Å²) in [5, 5.41) is 3.07. The molecule has 4 rings (SSSR count). The number of amides is 1. The molecule has 1 aliphatic heterocycles. The molecule has 1 aromatic heterocycles. The zero-order chi connectivity index (χ0) is 20.1. The van der Waals surface area contributed by atoms with Crippen LogP contribution in [0.5, 0.6) is 0 Å². The largest absolute Gasteiger partial charge is 0.350 e. The van der Waals surface area contributed by atoms with Gasteiger partial charge in [-0.15, -0.1) is 0 Å². The van der Waals surface area contributed by atoms with Gasteiger partial charge in [0, 0.05) is 43.6 Å².